The van der Waals surface area contributed by atoms with Gasteiger partial charge in [0.05, 0.1) is 0 Å². The monoisotopic (exact) mass is 182 g/mol. The summed E-state index contributed by atoms with van der Waals surface area (Å²) in [4.78, 5) is 15.0. The molecule has 0 aliphatic rings. The molecule has 0 spiro atoms. The van der Waals surface area contributed by atoms with Crippen LogP contribution in [0.2, 0.25) is 0 Å². The van der Waals surface area contributed by atoms with Gasteiger partial charge in [0.15, 0.2) is 0 Å². The number of rotatable bonds is 4. The topological polar surface area (TPSA) is 72.9 Å². The molecular formula is C8H14N4O. The summed E-state index contributed by atoms with van der Waals surface area (Å²) in [6.07, 6.45) is 6.50. The first-order valence-electron chi connectivity index (χ1n) is 4.31. The van der Waals surface area contributed by atoms with Crippen LogP contribution < -0.4 is 11.1 Å². The number of imidazole rings is 1. The van der Waals surface area contributed by atoms with Crippen LogP contribution in [0.5, 0.6) is 0 Å². The molecular weight excluding hydrogens is 168 g/mol. The highest BCUT2D eigenvalue weighted by Gasteiger charge is 2.00. The van der Waals surface area contributed by atoms with Gasteiger partial charge in [0.25, 0.3) is 0 Å². The fourth-order valence-electron chi connectivity index (χ4n) is 0.935. The van der Waals surface area contributed by atoms with E-state index in [4.69, 9.17) is 5.73 Å². The van der Waals surface area contributed by atoms with Gasteiger partial charge in [-0.15, -0.1) is 0 Å². The van der Waals surface area contributed by atoms with Crippen molar-refractivity contribution in [3.8, 4) is 0 Å². The molecule has 1 rings (SSSR count). The average Bonchev–Trinajstić information content (AvgIpc) is 2.65. The fourth-order valence-corrected chi connectivity index (χ4v) is 0.935. The number of carbonyl (C=O) groups is 1. The molecule has 5 nitrogen and oxygen atoms in total. The summed E-state index contributed by atoms with van der Waals surface area (Å²) in [5, 5.41) is 2.75. The van der Waals surface area contributed by atoms with Crippen LogP contribution in [0.3, 0.4) is 0 Å². The molecule has 1 amide bonds. The second-order valence-corrected chi connectivity index (χ2v) is 2.70. The Morgan fingerprint density at radius 2 is 2.38 bits per heavy atom. The Morgan fingerprint density at radius 3 is 3.00 bits per heavy atom. The van der Waals surface area contributed by atoms with Crippen LogP contribution in [0.4, 0.5) is 4.79 Å². The van der Waals surface area contributed by atoms with E-state index < -0.39 is 0 Å². The minimum atomic E-state index is -0.144. The van der Waals surface area contributed by atoms with Crippen molar-refractivity contribution >= 4 is 6.03 Å². The Morgan fingerprint density at radius 1 is 1.54 bits per heavy atom. The number of aromatic nitrogens is 2. The van der Waals surface area contributed by atoms with Gasteiger partial charge in [-0.25, -0.2) is 9.78 Å². The van der Waals surface area contributed by atoms with Crippen LogP contribution in [-0.2, 0) is 0 Å². The zero-order valence-electron chi connectivity index (χ0n) is 7.44. The summed E-state index contributed by atoms with van der Waals surface area (Å²) in [6.45, 7) is 1.33. The maximum Gasteiger partial charge on any atom is 0.326 e. The molecule has 1 heterocycles. The second-order valence-electron chi connectivity index (χ2n) is 2.70. The van der Waals surface area contributed by atoms with Crippen molar-refractivity contribution < 1.29 is 4.79 Å². The quantitative estimate of drug-likeness (QED) is 0.652. The van der Waals surface area contributed by atoms with Gasteiger partial charge in [-0.05, 0) is 19.4 Å². The molecule has 3 N–H and O–H groups in total. The summed E-state index contributed by atoms with van der Waals surface area (Å²) in [5.41, 5.74) is 5.31. The summed E-state index contributed by atoms with van der Waals surface area (Å²) in [5.74, 6) is 0. The number of nitrogens with zero attached hydrogens (tertiary/aromatic N) is 2. The Balaban J connectivity index is 2.19. The molecule has 0 unspecified atom stereocenters. The Labute approximate surface area is 76.9 Å². The summed E-state index contributed by atoms with van der Waals surface area (Å²) < 4.78 is 1.41. The number of nitrogens with one attached hydrogen (secondary N) is 1. The number of carbonyl (C=O) groups excluding carboxylic acids is 1. The molecule has 0 aromatic carbocycles. The van der Waals surface area contributed by atoms with E-state index in [1.165, 1.54) is 10.9 Å². The van der Waals surface area contributed by atoms with Crippen LogP contribution in [0.25, 0.3) is 0 Å². The molecule has 0 aliphatic heterocycles. The van der Waals surface area contributed by atoms with Gasteiger partial charge in [-0.3, -0.25) is 4.57 Å². The predicted molar refractivity (Wildman–Crippen MR) is 49.3 cm³/mol. The summed E-state index contributed by atoms with van der Waals surface area (Å²) >= 11 is 0. The van der Waals surface area contributed by atoms with Crippen molar-refractivity contribution in [1.82, 2.24) is 14.9 Å². The molecule has 72 valence electrons. The molecule has 0 saturated heterocycles. The van der Waals surface area contributed by atoms with Crippen molar-refractivity contribution in [3.63, 3.8) is 0 Å². The predicted octanol–water partition coefficient (Wildman–Crippen LogP) is 0.180. The van der Waals surface area contributed by atoms with Crippen molar-refractivity contribution in [1.29, 1.82) is 0 Å². The lowest BCUT2D eigenvalue weighted by molar-refractivity contribution is 0.242. The van der Waals surface area contributed by atoms with Gasteiger partial charge in [0.2, 0.25) is 0 Å². The minimum Gasteiger partial charge on any atom is -0.337 e. The van der Waals surface area contributed by atoms with Crippen LogP contribution in [0.15, 0.2) is 18.7 Å². The lowest BCUT2D eigenvalue weighted by Gasteiger charge is -2.03. The number of hydrogen-bond donors (Lipinski definition) is 2. The van der Waals surface area contributed by atoms with Gasteiger partial charge in [0.1, 0.15) is 6.33 Å². The third-order valence-corrected chi connectivity index (χ3v) is 1.65. The average molecular weight is 182 g/mol. The third kappa shape index (κ3) is 3.25. The molecule has 1 aromatic heterocycles. The van der Waals surface area contributed by atoms with Crippen molar-refractivity contribution in [3.05, 3.63) is 18.7 Å². The second kappa shape index (κ2) is 5.31. The largest absolute Gasteiger partial charge is 0.337 e. The van der Waals surface area contributed by atoms with Gasteiger partial charge in [-0.2, -0.15) is 0 Å². The van der Waals surface area contributed by atoms with Crippen LogP contribution in [0, 0.1) is 0 Å². The van der Waals surface area contributed by atoms with E-state index in [9.17, 15) is 4.79 Å². The van der Waals surface area contributed by atoms with E-state index in [1.54, 1.807) is 12.4 Å². The Bertz CT molecular complexity index is 245. The van der Waals surface area contributed by atoms with Gasteiger partial charge in [0, 0.05) is 18.9 Å². The molecule has 0 atom stereocenters. The lowest BCUT2D eigenvalue weighted by Crippen LogP contribution is -2.28. The first-order valence-corrected chi connectivity index (χ1v) is 4.31. The maximum atomic E-state index is 11.2. The number of unbranched alkanes of at least 4 members (excludes halogenated alkanes) is 1. The normalized spacial score (nSPS) is 9.92. The number of amides is 1. The van der Waals surface area contributed by atoms with E-state index in [0.29, 0.717) is 13.1 Å². The number of hydrogen-bond acceptors (Lipinski definition) is 3. The smallest absolute Gasteiger partial charge is 0.326 e. The molecule has 0 aliphatic carbocycles. The van der Waals surface area contributed by atoms with Gasteiger partial charge in [-0.1, -0.05) is 0 Å². The third-order valence-electron chi connectivity index (χ3n) is 1.65. The molecule has 5 heteroatoms. The highest BCUT2D eigenvalue weighted by atomic mass is 16.2. The Kier molecular flexibility index (Phi) is 3.98. The Hall–Kier alpha value is -1.36. The van der Waals surface area contributed by atoms with E-state index >= 15 is 0 Å². The number of nitrogens with two attached hydrogens (primary N) is 1. The SMILES string of the molecule is NCCCCNC(=O)n1ccnc1. The van der Waals surface area contributed by atoms with Crippen LogP contribution >= 0.6 is 0 Å². The van der Waals surface area contributed by atoms with Crippen molar-refractivity contribution in [2.45, 2.75) is 12.8 Å². The summed E-state index contributed by atoms with van der Waals surface area (Å²) in [7, 11) is 0. The standard InChI is InChI=1S/C8H14N4O/c9-3-1-2-4-11-8(13)12-6-5-10-7-12/h5-7H,1-4,9H2,(H,11,13). The molecule has 1 aromatic rings. The van der Waals surface area contributed by atoms with Gasteiger partial charge >= 0.3 is 6.03 Å². The zero-order chi connectivity index (χ0) is 9.52. The highest BCUT2D eigenvalue weighted by Crippen LogP contribution is 1.86. The molecule has 13 heavy (non-hydrogen) atoms. The minimum absolute atomic E-state index is 0.144. The highest BCUT2D eigenvalue weighted by molar-refractivity contribution is 5.76. The zero-order valence-corrected chi connectivity index (χ0v) is 7.44. The molecule has 0 bridgehead atoms. The van der Waals surface area contributed by atoms with Crippen molar-refractivity contribution in [2.24, 2.45) is 5.73 Å². The van der Waals surface area contributed by atoms with E-state index in [1.807, 2.05) is 0 Å². The van der Waals surface area contributed by atoms with E-state index in [0.717, 1.165) is 12.8 Å². The first-order chi connectivity index (χ1) is 6.34. The lowest BCUT2D eigenvalue weighted by atomic mass is 10.3. The first kappa shape index (κ1) is 9.73. The fraction of sp³-hybridized carbons (Fsp3) is 0.500. The molecule has 0 saturated carbocycles. The van der Waals surface area contributed by atoms with E-state index in [2.05, 4.69) is 10.3 Å². The molecule has 0 fully saturated rings. The van der Waals surface area contributed by atoms with Crippen molar-refractivity contribution in [2.75, 3.05) is 13.1 Å². The van der Waals surface area contributed by atoms with Crippen LogP contribution in [-0.4, -0.2) is 28.7 Å². The van der Waals surface area contributed by atoms with Crippen LogP contribution in [0.1, 0.15) is 12.8 Å². The maximum absolute atomic E-state index is 11.2. The van der Waals surface area contributed by atoms with E-state index in [-0.39, 0.29) is 6.03 Å². The summed E-state index contributed by atoms with van der Waals surface area (Å²) in [6, 6.07) is -0.144. The molecule has 0 radical (unpaired) electrons. The van der Waals surface area contributed by atoms with Gasteiger partial charge < -0.3 is 11.1 Å².